The van der Waals surface area contributed by atoms with E-state index in [0.29, 0.717) is 4.47 Å². The lowest BCUT2D eigenvalue weighted by atomic mass is 10.2. The molecule has 1 aromatic rings. The molecule has 0 bridgehead atoms. The summed E-state index contributed by atoms with van der Waals surface area (Å²) >= 11 is 5.19. The molecule has 1 fully saturated rings. The second-order valence-corrected chi connectivity index (χ2v) is 6.28. The molecular formula is C12H15BrFNS. The first-order valence-electron chi connectivity index (χ1n) is 5.52. The van der Waals surface area contributed by atoms with E-state index in [9.17, 15) is 4.39 Å². The third kappa shape index (κ3) is 3.47. The highest BCUT2D eigenvalue weighted by Crippen LogP contribution is 2.25. The number of hydrogen-bond donors (Lipinski definition) is 1. The first kappa shape index (κ1) is 12.4. The Kier molecular flexibility index (Phi) is 4.67. The zero-order chi connectivity index (χ0) is 11.4. The number of rotatable bonds is 4. The van der Waals surface area contributed by atoms with Crippen LogP contribution in [-0.2, 0) is 6.54 Å². The summed E-state index contributed by atoms with van der Waals surface area (Å²) in [5, 5.41) is 4.14. The molecule has 0 radical (unpaired) electrons. The van der Waals surface area contributed by atoms with Crippen LogP contribution in [0.4, 0.5) is 4.39 Å². The number of benzene rings is 1. The molecule has 1 aromatic carbocycles. The summed E-state index contributed by atoms with van der Waals surface area (Å²) in [5.74, 6) is 1.11. The van der Waals surface area contributed by atoms with Crippen LogP contribution in [0.2, 0.25) is 0 Å². The maximum Gasteiger partial charge on any atom is 0.137 e. The highest BCUT2D eigenvalue weighted by atomic mass is 79.9. The summed E-state index contributed by atoms with van der Waals surface area (Å²) in [6, 6.07) is 5.29. The molecule has 88 valence electrons. The van der Waals surface area contributed by atoms with Crippen molar-refractivity contribution >= 4 is 27.7 Å². The van der Waals surface area contributed by atoms with Crippen LogP contribution < -0.4 is 5.32 Å². The van der Waals surface area contributed by atoms with E-state index in [-0.39, 0.29) is 5.82 Å². The molecule has 2 rings (SSSR count). The molecule has 1 heterocycles. The highest BCUT2D eigenvalue weighted by molar-refractivity contribution is 9.10. The third-order valence-corrected chi connectivity index (χ3v) is 4.75. The van der Waals surface area contributed by atoms with E-state index < -0.39 is 0 Å². The summed E-state index contributed by atoms with van der Waals surface area (Å²) in [6.07, 6.45) is 2.65. The predicted molar refractivity (Wildman–Crippen MR) is 71.3 cm³/mol. The van der Waals surface area contributed by atoms with Gasteiger partial charge >= 0.3 is 0 Å². The van der Waals surface area contributed by atoms with Gasteiger partial charge in [-0.15, -0.1) is 0 Å². The molecule has 0 saturated carbocycles. The summed E-state index contributed by atoms with van der Waals surface area (Å²) in [5.41, 5.74) is 1.00. The molecule has 1 N–H and O–H groups in total. The lowest BCUT2D eigenvalue weighted by Crippen LogP contribution is -2.22. The molecule has 1 aliphatic rings. The zero-order valence-corrected chi connectivity index (χ0v) is 11.4. The van der Waals surface area contributed by atoms with Crippen LogP contribution in [0.1, 0.15) is 18.4 Å². The van der Waals surface area contributed by atoms with Crippen molar-refractivity contribution in [1.82, 2.24) is 5.32 Å². The molecule has 1 saturated heterocycles. The fourth-order valence-corrected chi connectivity index (χ4v) is 3.31. The van der Waals surface area contributed by atoms with Crippen molar-refractivity contribution in [2.45, 2.75) is 24.6 Å². The van der Waals surface area contributed by atoms with E-state index in [1.54, 1.807) is 12.1 Å². The molecular weight excluding hydrogens is 289 g/mol. The molecule has 1 aliphatic heterocycles. The molecule has 0 aromatic heterocycles. The van der Waals surface area contributed by atoms with E-state index in [4.69, 9.17) is 0 Å². The Balaban J connectivity index is 1.78. The Labute approximate surface area is 108 Å². The zero-order valence-electron chi connectivity index (χ0n) is 9.01. The molecule has 0 aliphatic carbocycles. The van der Waals surface area contributed by atoms with Gasteiger partial charge in [-0.3, -0.25) is 0 Å². The van der Waals surface area contributed by atoms with E-state index in [2.05, 4.69) is 21.2 Å². The second-order valence-electron chi connectivity index (χ2n) is 4.01. The number of hydrogen-bond acceptors (Lipinski definition) is 2. The average Bonchev–Trinajstić information content (AvgIpc) is 2.76. The number of nitrogens with one attached hydrogen (secondary N) is 1. The lowest BCUT2D eigenvalue weighted by Gasteiger charge is -2.10. The maximum absolute atomic E-state index is 13.2. The summed E-state index contributed by atoms with van der Waals surface area (Å²) in [7, 11) is 0. The highest BCUT2D eigenvalue weighted by Gasteiger charge is 2.14. The fourth-order valence-electron chi connectivity index (χ4n) is 1.83. The van der Waals surface area contributed by atoms with Crippen molar-refractivity contribution < 1.29 is 4.39 Å². The Hall–Kier alpha value is -0.0600. The van der Waals surface area contributed by atoms with Crippen LogP contribution in [0.5, 0.6) is 0 Å². The van der Waals surface area contributed by atoms with Crippen molar-refractivity contribution in [2.75, 3.05) is 12.3 Å². The summed E-state index contributed by atoms with van der Waals surface area (Å²) < 4.78 is 13.8. The van der Waals surface area contributed by atoms with Crippen molar-refractivity contribution in [3.63, 3.8) is 0 Å². The predicted octanol–water partition coefficient (Wildman–Crippen LogP) is 3.57. The molecule has 1 nitrogen and oxygen atoms in total. The average molecular weight is 304 g/mol. The van der Waals surface area contributed by atoms with Crippen molar-refractivity contribution in [2.24, 2.45) is 0 Å². The first-order valence-corrected chi connectivity index (χ1v) is 7.36. The molecule has 1 unspecified atom stereocenters. The standard InChI is InChI=1S/C12H15BrFNS/c13-11-4-3-9(6-12(11)14)7-15-8-10-2-1-5-16-10/h3-4,6,10,15H,1-2,5,7-8H2. The monoisotopic (exact) mass is 303 g/mol. The van der Waals surface area contributed by atoms with E-state index in [1.807, 2.05) is 17.8 Å². The smallest absolute Gasteiger partial charge is 0.137 e. The molecule has 4 heteroatoms. The van der Waals surface area contributed by atoms with E-state index in [1.165, 1.54) is 18.6 Å². The van der Waals surface area contributed by atoms with Gasteiger partial charge in [-0.25, -0.2) is 4.39 Å². The van der Waals surface area contributed by atoms with Crippen LogP contribution in [0.3, 0.4) is 0 Å². The van der Waals surface area contributed by atoms with Crippen molar-refractivity contribution in [1.29, 1.82) is 0 Å². The van der Waals surface area contributed by atoms with E-state index in [0.717, 1.165) is 23.9 Å². The van der Waals surface area contributed by atoms with Gasteiger partial charge in [0.15, 0.2) is 0 Å². The SMILES string of the molecule is Fc1cc(CNCC2CCCS2)ccc1Br. The van der Waals surface area contributed by atoms with E-state index >= 15 is 0 Å². The van der Waals surface area contributed by atoms with Crippen LogP contribution in [0, 0.1) is 5.82 Å². The van der Waals surface area contributed by atoms with Gasteiger partial charge in [0, 0.05) is 18.3 Å². The summed E-state index contributed by atoms with van der Waals surface area (Å²) in [6.45, 7) is 1.78. The molecule has 1 atom stereocenters. The van der Waals surface area contributed by atoms with Crippen LogP contribution in [0.15, 0.2) is 22.7 Å². The Morgan fingerprint density at radius 3 is 3.06 bits per heavy atom. The van der Waals surface area contributed by atoms with Gasteiger partial charge in [0.25, 0.3) is 0 Å². The normalized spacial score (nSPS) is 20.2. The van der Waals surface area contributed by atoms with Gasteiger partial charge in [-0.05, 0) is 52.2 Å². The van der Waals surface area contributed by atoms with Gasteiger partial charge in [-0.1, -0.05) is 6.07 Å². The lowest BCUT2D eigenvalue weighted by molar-refractivity contribution is 0.610. The largest absolute Gasteiger partial charge is 0.312 e. The minimum atomic E-state index is -0.186. The quantitative estimate of drug-likeness (QED) is 0.912. The molecule has 0 amide bonds. The van der Waals surface area contributed by atoms with Gasteiger partial charge < -0.3 is 5.32 Å². The maximum atomic E-state index is 13.2. The van der Waals surface area contributed by atoms with Gasteiger partial charge in [-0.2, -0.15) is 11.8 Å². The van der Waals surface area contributed by atoms with Gasteiger partial charge in [0.1, 0.15) is 5.82 Å². The molecule has 0 spiro atoms. The first-order chi connectivity index (χ1) is 7.75. The van der Waals surface area contributed by atoms with Crippen molar-refractivity contribution in [3.05, 3.63) is 34.1 Å². The second kappa shape index (κ2) is 6.03. The van der Waals surface area contributed by atoms with Crippen LogP contribution in [0.25, 0.3) is 0 Å². The molecule has 16 heavy (non-hydrogen) atoms. The Bertz CT molecular complexity index is 353. The summed E-state index contributed by atoms with van der Waals surface area (Å²) in [4.78, 5) is 0. The third-order valence-electron chi connectivity index (χ3n) is 2.71. The van der Waals surface area contributed by atoms with Crippen LogP contribution >= 0.6 is 27.7 Å². The van der Waals surface area contributed by atoms with Gasteiger partial charge in [0.2, 0.25) is 0 Å². The minimum absolute atomic E-state index is 0.186. The fraction of sp³-hybridized carbons (Fsp3) is 0.500. The Morgan fingerprint density at radius 2 is 2.38 bits per heavy atom. The topological polar surface area (TPSA) is 12.0 Å². The van der Waals surface area contributed by atoms with Gasteiger partial charge in [0.05, 0.1) is 4.47 Å². The minimum Gasteiger partial charge on any atom is -0.312 e. The van der Waals surface area contributed by atoms with Crippen LogP contribution in [-0.4, -0.2) is 17.5 Å². The number of halogens is 2. The Morgan fingerprint density at radius 1 is 1.50 bits per heavy atom. The van der Waals surface area contributed by atoms with Crippen molar-refractivity contribution in [3.8, 4) is 0 Å². The number of thioether (sulfide) groups is 1.